The van der Waals surface area contributed by atoms with E-state index in [2.05, 4.69) is 6.92 Å². The third-order valence-corrected chi connectivity index (χ3v) is 7.37. The summed E-state index contributed by atoms with van der Waals surface area (Å²) in [5.41, 5.74) is 0. The Morgan fingerprint density at radius 2 is 1.18 bits per heavy atom. The number of nitrogens with zero attached hydrogens (tertiary/aromatic N) is 1. The summed E-state index contributed by atoms with van der Waals surface area (Å²) < 4.78 is 33.5. The maximum Gasteiger partial charge on any atom is 0.472 e. The van der Waals surface area contributed by atoms with Crippen LogP contribution in [0.5, 0.6) is 0 Å². The lowest BCUT2D eigenvalue weighted by Gasteiger charge is -2.24. The summed E-state index contributed by atoms with van der Waals surface area (Å²) in [6, 6.07) is 0. The van der Waals surface area contributed by atoms with E-state index in [1.807, 2.05) is 28.1 Å². The Kier molecular flexibility index (Phi) is 23.1. The lowest BCUT2D eigenvalue weighted by Crippen LogP contribution is -2.37. The molecule has 0 aliphatic rings. The van der Waals surface area contributed by atoms with E-state index in [-0.39, 0.29) is 26.1 Å². The van der Waals surface area contributed by atoms with Crippen molar-refractivity contribution in [2.45, 2.75) is 129 Å². The molecule has 0 saturated carbocycles. The van der Waals surface area contributed by atoms with Crippen LogP contribution in [0.4, 0.5) is 0 Å². The lowest BCUT2D eigenvalue weighted by molar-refractivity contribution is -0.870. The van der Waals surface area contributed by atoms with E-state index in [1.165, 1.54) is 64.2 Å². The van der Waals surface area contributed by atoms with Gasteiger partial charge in [-0.25, -0.2) is 4.57 Å². The van der Waals surface area contributed by atoms with Gasteiger partial charge in [0.25, 0.3) is 0 Å². The standard InChI is InChI=1S/C29H58NO8P/c1-6-8-10-11-12-13-14-15-16-17-18-19-20-22-29(32)38-27(25-35-28(31)21-9-7-2)26-37-39(33,34)36-24-23-30(3,4)5/h27H,6-26H2,1-5H3/p+1/t27-/m1/s1. The number of phosphoric ester groups is 1. The van der Waals surface area contributed by atoms with Gasteiger partial charge in [0, 0.05) is 12.8 Å². The third kappa shape index (κ3) is 27.0. The van der Waals surface area contributed by atoms with Crippen LogP contribution in [-0.2, 0) is 32.7 Å². The number of hydrogen-bond acceptors (Lipinski definition) is 7. The molecule has 1 N–H and O–H groups in total. The topological polar surface area (TPSA) is 108 Å². The van der Waals surface area contributed by atoms with Crippen LogP contribution in [0.15, 0.2) is 0 Å². The van der Waals surface area contributed by atoms with Crippen LogP contribution < -0.4 is 0 Å². The number of hydrogen-bond donors (Lipinski definition) is 1. The summed E-state index contributed by atoms with van der Waals surface area (Å²) in [6.07, 6.45) is 16.9. The number of carbonyl (C=O) groups is 2. The minimum atomic E-state index is -4.33. The van der Waals surface area contributed by atoms with Crippen molar-refractivity contribution in [3.8, 4) is 0 Å². The Morgan fingerprint density at radius 1 is 0.692 bits per heavy atom. The first-order chi connectivity index (χ1) is 18.5. The van der Waals surface area contributed by atoms with Gasteiger partial charge in [0.05, 0.1) is 27.7 Å². The van der Waals surface area contributed by atoms with Crippen molar-refractivity contribution in [3.63, 3.8) is 0 Å². The quantitative estimate of drug-likeness (QED) is 0.0481. The molecule has 0 rings (SSSR count). The molecule has 0 fully saturated rings. The SMILES string of the molecule is CCCCCCCCCCCCCCCC(=O)O[C@H](COC(=O)CCCC)COP(=O)(O)OCC[N+](C)(C)C. The summed E-state index contributed by atoms with van der Waals surface area (Å²) in [4.78, 5) is 34.3. The number of quaternary nitrogens is 1. The highest BCUT2D eigenvalue weighted by Crippen LogP contribution is 2.43. The van der Waals surface area contributed by atoms with Crippen LogP contribution in [-0.4, -0.2) is 74.9 Å². The Morgan fingerprint density at radius 3 is 1.69 bits per heavy atom. The van der Waals surface area contributed by atoms with Crippen molar-refractivity contribution < 1.29 is 42.1 Å². The predicted octanol–water partition coefficient (Wildman–Crippen LogP) is 6.95. The normalized spacial score (nSPS) is 14.1. The van der Waals surface area contributed by atoms with Crippen LogP contribution in [0.2, 0.25) is 0 Å². The molecular formula is C29H59NO8P+. The van der Waals surface area contributed by atoms with Crippen LogP contribution in [0, 0.1) is 0 Å². The van der Waals surface area contributed by atoms with Gasteiger partial charge in [-0.2, -0.15) is 0 Å². The third-order valence-electron chi connectivity index (χ3n) is 6.39. The molecule has 9 nitrogen and oxygen atoms in total. The Labute approximate surface area is 238 Å². The lowest BCUT2D eigenvalue weighted by atomic mass is 10.0. The Balaban J connectivity index is 4.30. The molecule has 0 saturated heterocycles. The second-order valence-corrected chi connectivity index (χ2v) is 13.0. The van der Waals surface area contributed by atoms with Gasteiger partial charge in [0.2, 0.25) is 0 Å². The van der Waals surface area contributed by atoms with Crippen molar-refractivity contribution in [1.82, 2.24) is 0 Å². The molecule has 0 aliphatic heterocycles. The average molecular weight is 581 g/mol. The van der Waals surface area contributed by atoms with E-state index < -0.39 is 32.5 Å². The van der Waals surface area contributed by atoms with Gasteiger partial charge in [-0.15, -0.1) is 0 Å². The maximum absolute atomic E-state index is 12.4. The number of phosphoric acid groups is 1. The molecule has 10 heteroatoms. The smallest absolute Gasteiger partial charge is 0.462 e. The summed E-state index contributed by atoms with van der Waals surface area (Å²) in [6.45, 7) is 4.13. The zero-order chi connectivity index (χ0) is 29.4. The highest BCUT2D eigenvalue weighted by Gasteiger charge is 2.27. The molecular weight excluding hydrogens is 521 g/mol. The number of carbonyl (C=O) groups excluding carboxylic acids is 2. The molecule has 39 heavy (non-hydrogen) atoms. The van der Waals surface area contributed by atoms with E-state index in [1.54, 1.807) is 0 Å². The van der Waals surface area contributed by atoms with Crippen molar-refractivity contribution in [2.75, 3.05) is 47.5 Å². The zero-order valence-electron chi connectivity index (χ0n) is 25.6. The van der Waals surface area contributed by atoms with E-state index in [4.69, 9.17) is 18.5 Å². The number of unbranched alkanes of at least 4 members (excludes halogenated alkanes) is 13. The van der Waals surface area contributed by atoms with Gasteiger partial charge in [-0.05, 0) is 12.8 Å². The average Bonchev–Trinajstić information content (AvgIpc) is 2.86. The summed E-state index contributed by atoms with van der Waals surface area (Å²) in [7, 11) is 1.48. The van der Waals surface area contributed by atoms with Crippen LogP contribution in [0.1, 0.15) is 123 Å². The van der Waals surface area contributed by atoms with E-state index in [0.29, 0.717) is 23.9 Å². The zero-order valence-corrected chi connectivity index (χ0v) is 26.5. The first-order valence-corrected chi connectivity index (χ1v) is 16.8. The van der Waals surface area contributed by atoms with Crippen LogP contribution >= 0.6 is 7.82 Å². The van der Waals surface area contributed by atoms with Crippen molar-refractivity contribution in [2.24, 2.45) is 0 Å². The summed E-state index contributed by atoms with van der Waals surface area (Å²) in [5.74, 6) is -0.837. The molecule has 0 aromatic rings. The Hall–Kier alpha value is -0.990. The van der Waals surface area contributed by atoms with E-state index >= 15 is 0 Å². The van der Waals surface area contributed by atoms with Gasteiger partial charge in [0.1, 0.15) is 19.8 Å². The van der Waals surface area contributed by atoms with Gasteiger partial charge >= 0.3 is 19.8 Å². The number of ether oxygens (including phenoxy) is 2. The van der Waals surface area contributed by atoms with Gasteiger partial charge in [-0.1, -0.05) is 97.3 Å². The molecule has 0 heterocycles. The number of rotatable bonds is 27. The summed E-state index contributed by atoms with van der Waals surface area (Å²) >= 11 is 0. The molecule has 1 unspecified atom stereocenters. The minimum absolute atomic E-state index is 0.0345. The molecule has 0 aromatic carbocycles. The minimum Gasteiger partial charge on any atom is -0.462 e. The molecule has 0 radical (unpaired) electrons. The van der Waals surface area contributed by atoms with E-state index in [0.717, 1.165) is 19.3 Å². The first kappa shape index (κ1) is 38.0. The first-order valence-electron chi connectivity index (χ1n) is 15.3. The van der Waals surface area contributed by atoms with Crippen LogP contribution in [0.3, 0.4) is 0 Å². The second kappa shape index (κ2) is 23.7. The molecule has 0 aliphatic carbocycles. The summed E-state index contributed by atoms with van der Waals surface area (Å²) in [5, 5.41) is 0. The highest BCUT2D eigenvalue weighted by molar-refractivity contribution is 7.47. The maximum atomic E-state index is 12.4. The fraction of sp³-hybridized carbons (Fsp3) is 0.931. The predicted molar refractivity (Wildman–Crippen MR) is 155 cm³/mol. The molecule has 0 spiro atoms. The molecule has 0 aromatic heterocycles. The van der Waals surface area contributed by atoms with Gasteiger partial charge < -0.3 is 18.9 Å². The number of likely N-dealkylation sites (N-methyl/N-ethyl adjacent to an activating group) is 1. The number of esters is 2. The molecule has 0 amide bonds. The Bertz CT molecular complexity index is 668. The van der Waals surface area contributed by atoms with Crippen molar-refractivity contribution in [3.05, 3.63) is 0 Å². The largest absolute Gasteiger partial charge is 0.472 e. The van der Waals surface area contributed by atoms with E-state index in [9.17, 15) is 19.0 Å². The monoisotopic (exact) mass is 580 g/mol. The second-order valence-electron chi connectivity index (χ2n) is 11.5. The van der Waals surface area contributed by atoms with Crippen molar-refractivity contribution >= 4 is 19.8 Å². The molecule has 0 bridgehead atoms. The van der Waals surface area contributed by atoms with Gasteiger partial charge in [-0.3, -0.25) is 18.6 Å². The molecule has 232 valence electrons. The fourth-order valence-electron chi connectivity index (χ4n) is 3.87. The highest BCUT2D eigenvalue weighted by atomic mass is 31.2. The van der Waals surface area contributed by atoms with Gasteiger partial charge in [0.15, 0.2) is 6.10 Å². The fourth-order valence-corrected chi connectivity index (χ4v) is 4.61. The molecule has 2 atom stereocenters. The van der Waals surface area contributed by atoms with Crippen molar-refractivity contribution in [1.29, 1.82) is 0 Å². The van der Waals surface area contributed by atoms with Crippen LogP contribution in [0.25, 0.3) is 0 Å².